The van der Waals surface area contributed by atoms with Crippen molar-refractivity contribution in [3.8, 4) is 11.4 Å². The SMILES string of the molecule is Nc1nc(-c2ccc(Cl)cc2F)nc(C(=O)OCc2ccccc2C(F)(F)F)c1Cl. The quantitative estimate of drug-likeness (QED) is 0.408. The van der Waals surface area contributed by atoms with E-state index in [2.05, 4.69) is 9.97 Å². The fraction of sp³-hybridized carbons (Fsp3) is 0.105. The van der Waals surface area contributed by atoms with Crippen LogP contribution >= 0.6 is 23.2 Å². The van der Waals surface area contributed by atoms with Gasteiger partial charge in [0, 0.05) is 10.6 Å². The van der Waals surface area contributed by atoms with Crippen molar-refractivity contribution in [1.29, 1.82) is 0 Å². The molecular formula is C19H11Cl2F4N3O2. The van der Waals surface area contributed by atoms with Crippen LogP contribution in [0, 0.1) is 5.82 Å². The van der Waals surface area contributed by atoms with Crippen LogP contribution in [0.4, 0.5) is 23.4 Å². The summed E-state index contributed by atoms with van der Waals surface area (Å²) >= 11 is 11.7. The van der Waals surface area contributed by atoms with Crippen molar-refractivity contribution >= 4 is 35.0 Å². The number of carbonyl (C=O) groups excluding carboxylic acids is 1. The lowest BCUT2D eigenvalue weighted by Crippen LogP contribution is -2.14. The van der Waals surface area contributed by atoms with Gasteiger partial charge >= 0.3 is 12.1 Å². The van der Waals surface area contributed by atoms with E-state index in [-0.39, 0.29) is 32.8 Å². The lowest BCUT2D eigenvalue weighted by atomic mass is 10.1. The van der Waals surface area contributed by atoms with Crippen LogP contribution in [0.3, 0.4) is 0 Å². The maximum atomic E-state index is 14.2. The van der Waals surface area contributed by atoms with Gasteiger partial charge in [-0.1, -0.05) is 41.4 Å². The molecule has 0 radical (unpaired) electrons. The van der Waals surface area contributed by atoms with Gasteiger partial charge in [0.1, 0.15) is 23.3 Å². The van der Waals surface area contributed by atoms with E-state index in [9.17, 15) is 22.4 Å². The third kappa shape index (κ3) is 4.63. The molecule has 5 nitrogen and oxygen atoms in total. The van der Waals surface area contributed by atoms with Gasteiger partial charge in [0.05, 0.1) is 11.1 Å². The van der Waals surface area contributed by atoms with Gasteiger partial charge in [0.15, 0.2) is 11.5 Å². The highest BCUT2D eigenvalue weighted by atomic mass is 35.5. The first-order valence-electron chi connectivity index (χ1n) is 8.18. The van der Waals surface area contributed by atoms with Crippen molar-refractivity contribution in [3.05, 3.63) is 75.1 Å². The Labute approximate surface area is 177 Å². The average molecular weight is 460 g/mol. The second kappa shape index (κ2) is 8.45. The molecule has 1 heterocycles. The lowest BCUT2D eigenvalue weighted by molar-refractivity contribution is -0.138. The van der Waals surface area contributed by atoms with Crippen molar-refractivity contribution in [2.24, 2.45) is 0 Å². The number of hydrogen-bond acceptors (Lipinski definition) is 5. The molecule has 0 saturated heterocycles. The number of hydrogen-bond donors (Lipinski definition) is 1. The Kier molecular flexibility index (Phi) is 6.14. The van der Waals surface area contributed by atoms with Crippen molar-refractivity contribution in [2.45, 2.75) is 12.8 Å². The minimum Gasteiger partial charge on any atom is -0.456 e. The number of esters is 1. The highest BCUT2D eigenvalue weighted by molar-refractivity contribution is 6.35. The molecule has 0 amide bonds. The Morgan fingerprint density at radius 1 is 1.10 bits per heavy atom. The highest BCUT2D eigenvalue weighted by Gasteiger charge is 2.33. The first-order chi connectivity index (χ1) is 14.1. The molecule has 1 aromatic heterocycles. The topological polar surface area (TPSA) is 78.1 Å². The number of ether oxygens (including phenoxy) is 1. The lowest BCUT2D eigenvalue weighted by Gasteiger charge is -2.13. The zero-order chi connectivity index (χ0) is 22.1. The minimum absolute atomic E-state index is 0.112. The van der Waals surface area contributed by atoms with Gasteiger partial charge in [-0.05, 0) is 24.3 Å². The molecule has 0 saturated carbocycles. The molecule has 0 aliphatic rings. The molecule has 0 atom stereocenters. The van der Waals surface area contributed by atoms with Gasteiger partial charge < -0.3 is 10.5 Å². The number of carbonyl (C=O) groups is 1. The Balaban J connectivity index is 1.91. The molecule has 3 rings (SSSR count). The minimum atomic E-state index is -4.63. The number of benzene rings is 2. The van der Waals surface area contributed by atoms with E-state index in [1.54, 1.807) is 0 Å². The fourth-order valence-corrected chi connectivity index (χ4v) is 2.85. The number of halogens is 6. The zero-order valence-electron chi connectivity index (χ0n) is 14.8. The maximum absolute atomic E-state index is 14.2. The predicted octanol–water partition coefficient (Wildman–Crippen LogP) is 5.55. The fourth-order valence-electron chi connectivity index (χ4n) is 2.53. The van der Waals surface area contributed by atoms with Crippen molar-refractivity contribution in [2.75, 3.05) is 5.73 Å². The van der Waals surface area contributed by atoms with E-state index in [1.165, 1.54) is 30.3 Å². The Bertz CT molecular complexity index is 1120. The smallest absolute Gasteiger partial charge is 0.416 e. The summed E-state index contributed by atoms with van der Waals surface area (Å²) in [5.74, 6) is -2.53. The molecular weight excluding hydrogens is 449 g/mol. The van der Waals surface area contributed by atoms with Crippen LogP contribution < -0.4 is 5.73 Å². The number of nitrogens with zero attached hydrogens (tertiary/aromatic N) is 2. The Hall–Kier alpha value is -2.91. The van der Waals surface area contributed by atoms with E-state index < -0.39 is 35.8 Å². The van der Waals surface area contributed by atoms with Crippen LogP contribution in [0.25, 0.3) is 11.4 Å². The highest BCUT2D eigenvalue weighted by Crippen LogP contribution is 2.33. The van der Waals surface area contributed by atoms with Crippen LogP contribution in [0.5, 0.6) is 0 Å². The Morgan fingerprint density at radius 2 is 1.80 bits per heavy atom. The van der Waals surface area contributed by atoms with Crippen molar-refractivity contribution < 1.29 is 27.1 Å². The number of anilines is 1. The first kappa shape index (κ1) is 21.8. The van der Waals surface area contributed by atoms with E-state index >= 15 is 0 Å². The second-order valence-electron chi connectivity index (χ2n) is 5.95. The average Bonchev–Trinajstić information content (AvgIpc) is 2.67. The normalized spacial score (nSPS) is 11.4. The van der Waals surface area contributed by atoms with Crippen LogP contribution in [-0.4, -0.2) is 15.9 Å². The van der Waals surface area contributed by atoms with Crippen LogP contribution in [0.15, 0.2) is 42.5 Å². The third-order valence-electron chi connectivity index (χ3n) is 3.92. The molecule has 30 heavy (non-hydrogen) atoms. The molecule has 0 aliphatic carbocycles. The van der Waals surface area contributed by atoms with Crippen LogP contribution in [-0.2, 0) is 17.5 Å². The standard InChI is InChI=1S/C19H11Cl2F4N3O2/c20-10-5-6-11(13(22)7-10)17-27-15(14(21)16(26)28-17)18(29)30-8-9-3-1-2-4-12(9)19(23,24)25/h1-7H,8H2,(H2,26,27,28). The van der Waals surface area contributed by atoms with Gasteiger partial charge in [-0.3, -0.25) is 0 Å². The van der Waals surface area contributed by atoms with E-state index in [1.807, 2.05) is 0 Å². The summed E-state index contributed by atoms with van der Waals surface area (Å²) < 4.78 is 58.3. The second-order valence-corrected chi connectivity index (χ2v) is 6.76. The summed E-state index contributed by atoms with van der Waals surface area (Å²) in [5, 5.41) is -0.247. The van der Waals surface area contributed by atoms with Crippen LogP contribution in [0.2, 0.25) is 10.0 Å². The van der Waals surface area contributed by atoms with E-state index in [4.69, 9.17) is 33.7 Å². The molecule has 3 aromatic rings. The number of rotatable bonds is 4. The molecule has 156 valence electrons. The molecule has 2 N–H and O–H groups in total. The molecule has 0 bridgehead atoms. The number of alkyl halides is 3. The first-order valence-corrected chi connectivity index (χ1v) is 8.94. The third-order valence-corrected chi connectivity index (χ3v) is 4.53. The zero-order valence-corrected chi connectivity index (χ0v) is 16.3. The molecule has 0 aliphatic heterocycles. The van der Waals surface area contributed by atoms with Gasteiger partial charge in [-0.2, -0.15) is 13.2 Å². The molecule has 0 spiro atoms. The largest absolute Gasteiger partial charge is 0.456 e. The molecule has 2 aromatic carbocycles. The van der Waals surface area contributed by atoms with Crippen LogP contribution in [0.1, 0.15) is 21.6 Å². The Morgan fingerprint density at radius 3 is 2.47 bits per heavy atom. The van der Waals surface area contributed by atoms with Crippen molar-refractivity contribution in [1.82, 2.24) is 9.97 Å². The maximum Gasteiger partial charge on any atom is 0.416 e. The molecule has 0 unspecified atom stereocenters. The van der Waals surface area contributed by atoms with Gasteiger partial charge in [0.2, 0.25) is 0 Å². The summed E-state index contributed by atoms with van der Waals surface area (Å²) in [4.78, 5) is 20.1. The molecule has 0 fully saturated rings. The number of nitrogens with two attached hydrogens (primary N) is 1. The van der Waals surface area contributed by atoms with Gasteiger partial charge in [-0.15, -0.1) is 0 Å². The summed E-state index contributed by atoms with van der Waals surface area (Å²) in [7, 11) is 0. The van der Waals surface area contributed by atoms with Gasteiger partial charge in [-0.25, -0.2) is 19.2 Å². The summed E-state index contributed by atoms with van der Waals surface area (Å²) in [6.45, 7) is -0.695. The summed E-state index contributed by atoms with van der Waals surface area (Å²) in [6, 6.07) is 8.27. The molecule has 11 heteroatoms. The summed E-state index contributed by atoms with van der Waals surface area (Å²) in [5.41, 5.74) is 3.84. The van der Waals surface area contributed by atoms with Crippen molar-refractivity contribution in [3.63, 3.8) is 0 Å². The predicted molar refractivity (Wildman–Crippen MR) is 102 cm³/mol. The van der Waals surface area contributed by atoms with Gasteiger partial charge in [0.25, 0.3) is 0 Å². The van der Waals surface area contributed by atoms with E-state index in [0.717, 1.165) is 12.1 Å². The summed E-state index contributed by atoms with van der Waals surface area (Å²) in [6.07, 6.45) is -4.63. The van der Waals surface area contributed by atoms with E-state index in [0.29, 0.717) is 0 Å². The monoisotopic (exact) mass is 459 g/mol. The number of aromatic nitrogens is 2. The number of nitrogen functional groups attached to an aromatic ring is 1.